The Morgan fingerprint density at radius 2 is 2.16 bits per heavy atom. The minimum absolute atomic E-state index is 0.525. The van der Waals surface area contributed by atoms with Crippen molar-refractivity contribution in [2.45, 2.75) is 19.2 Å². The van der Waals surface area contributed by atoms with Gasteiger partial charge < -0.3 is 4.74 Å². The van der Waals surface area contributed by atoms with E-state index < -0.39 is 0 Å². The summed E-state index contributed by atoms with van der Waals surface area (Å²) in [6.07, 6.45) is 0. The molecule has 7 heteroatoms. The maximum atomic E-state index is 5.21. The third kappa shape index (κ3) is 4.29. The molecule has 1 aromatic heterocycles. The highest BCUT2D eigenvalue weighted by Crippen LogP contribution is 2.13. The number of nitrogens with zero attached hydrogens (tertiary/aromatic N) is 4. The molecule has 1 heterocycles. The van der Waals surface area contributed by atoms with Crippen LogP contribution in [0.25, 0.3) is 0 Å². The fourth-order valence-electron chi connectivity index (χ4n) is 1.49. The molecule has 0 spiro atoms. The van der Waals surface area contributed by atoms with E-state index in [9.17, 15) is 0 Å². The van der Waals surface area contributed by atoms with Crippen molar-refractivity contribution < 1.29 is 4.74 Å². The van der Waals surface area contributed by atoms with Gasteiger partial charge in [0.1, 0.15) is 0 Å². The Labute approximate surface area is 121 Å². The van der Waals surface area contributed by atoms with Crippen molar-refractivity contribution in [3.8, 4) is 0 Å². The van der Waals surface area contributed by atoms with Crippen molar-refractivity contribution in [1.29, 1.82) is 0 Å². The molecule has 2 aromatic rings. The molecule has 0 saturated carbocycles. The Balaban J connectivity index is 1.96. The van der Waals surface area contributed by atoms with Crippen molar-refractivity contribution in [3.05, 3.63) is 41.7 Å². The lowest BCUT2D eigenvalue weighted by Crippen LogP contribution is -2.07. The number of thioether (sulfide) groups is 1. The Hall–Kier alpha value is -1.47. The van der Waals surface area contributed by atoms with E-state index >= 15 is 0 Å². The first kappa shape index (κ1) is 14.0. The summed E-state index contributed by atoms with van der Waals surface area (Å²) in [5.41, 5.74) is 1.16. The van der Waals surface area contributed by atoms with Gasteiger partial charge in [0.05, 0.1) is 18.9 Å². The highest BCUT2D eigenvalue weighted by atomic mass is 32.2. The van der Waals surface area contributed by atoms with Gasteiger partial charge in [-0.15, -0.1) is 5.10 Å². The average Bonchev–Trinajstić information content (AvgIpc) is 2.85. The number of tetrazole rings is 1. The standard InChI is InChI=1S/C12H14N4OS2/c1-2-17-12(18)19-9-11-13-14-15-16(11)8-10-6-4-3-5-7-10/h3-7H,2,8-9H2,1H3. The molecular formula is C12H14N4OS2. The number of ether oxygens (including phenoxy) is 1. The van der Waals surface area contributed by atoms with E-state index in [-0.39, 0.29) is 0 Å². The molecular weight excluding hydrogens is 280 g/mol. The van der Waals surface area contributed by atoms with E-state index in [1.807, 2.05) is 37.3 Å². The zero-order chi connectivity index (χ0) is 13.5. The van der Waals surface area contributed by atoms with Crippen molar-refractivity contribution in [2.24, 2.45) is 0 Å². The van der Waals surface area contributed by atoms with Crippen molar-refractivity contribution in [3.63, 3.8) is 0 Å². The first-order valence-electron chi connectivity index (χ1n) is 5.88. The number of rotatable bonds is 5. The van der Waals surface area contributed by atoms with E-state index in [0.29, 0.717) is 23.3 Å². The van der Waals surface area contributed by atoms with E-state index in [0.717, 1.165) is 11.4 Å². The summed E-state index contributed by atoms with van der Waals surface area (Å²) in [6, 6.07) is 10.1. The van der Waals surface area contributed by atoms with Crippen molar-refractivity contribution in [1.82, 2.24) is 20.2 Å². The van der Waals surface area contributed by atoms with Crippen LogP contribution in [0.15, 0.2) is 30.3 Å². The molecule has 0 bridgehead atoms. The van der Waals surface area contributed by atoms with Crippen LogP contribution in [0, 0.1) is 0 Å². The van der Waals surface area contributed by atoms with Crippen LogP contribution in [0.1, 0.15) is 18.3 Å². The summed E-state index contributed by atoms with van der Waals surface area (Å²) >= 11 is 6.49. The molecule has 0 N–H and O–H groups in total. The van der Waals surface area contributed by atoms with Crippen LogP contribution < -0.4 is 0 Å². The fraction of sp³-hybridized carbons (Fsp3) is 0.333. The summed E-state index contributed by atoms with van der Waals surface area (Å²) in [5, 5.41) is 11.7. The zero-order valence-electron chi connectivity index (χ0n) is 10.5. The van der Waals surface area contributed by atoms with Crippen LogP contribution in [0.4, 0.5) is 0 Å². The van der Waals surface area contributed by atoms with Gasteiger partial charge in [-0.3, -0.25) is 0 Å². The number of thiocarbonyl (C=S) groups is 1. The first-order chi connectivity index (χ1) is 9.29. The molecule has 0 radical (unpaired) electrons. The summed E-state index contributed by atoms with van der Waals surface area (Å²) in [6.45, 7) is 3.15. The van der Waals surface area contributed by atoms with Gasteiger partial charge in [-0.05, 0) is 35.1 Å². The smallest absolute Gasteiger partial charge is 0.220 e. The predicted molar refractivity (Wildman–Crippen MR) is 78.9 cm³/mol. The van der Waals surface area contributed by atoms with Crippen molar-refractivity contribution >= 4 is 28.4 Å². The molecule has 0 amide bonds. The summed E-state index contributed by atoms with van der Waals surface area (Å²) in [5.74, 6) is 1.40. The second-order valence-electron chi connectivity index (χ2n) is 3.71. The SMILES string of the molecule is CCOC(=S)SCc1nnnn1Cc1ccccc1. The lowest BCUT2D eigenvalue weighted by molar-refractivity contribution is 0.346. The Kier molecular flexibility index (Phi) is 5.29. The lowest BCUT2D eigenvalue weighted by atomic mass is 10.2. The highest BCUT2D eigenvalue weighted by molar-refractivity contribution is 8.22. The van der Waals surface area contributed by atoms with Gasteiger partial charge in [0.15, 0.2) is 5.82 Å². The van der Waals surface area contributed by atoms with Crippen LogP contribution in [0.3, 0.4) is 0 Å². The molecule has 0 saturated heterocycles. The Morgan fingerprint density at radius 1 is 1.37 bits per heavy atom. The van der Waals surface area contributed by atoms with Crippen LogP contribution in [0.2, 0.25) is 0 Å². The second-order valence-corrected chi connectivity index (χ2v) is 5.29. The monoisotopic (exact) mass is 294 g/mol. The van der Waals surface area contributed by atoms with Gasteiger partial charge in [-0.2, -0.15) is 0 Å². The van der Waals surface area contributed by atoms with Crippen LogP contribution in [-0.4, -0.2) is 31.2 Å². The van der Waals surface area contributed by atoms with E-state index in [1.165, 1.54) is 11.8 Å². The number of hydrogen-bond acceptors (Lipinski definition) is 6. The maximum Gasteiger partial charge on any atom is 0.220 e. The Bertz CT molecular complexity index is 530. The summed E-state index contributed by atoms with van der Waals surface area (Å²) in [4.78, 5) is 0. The van der Waals surface area contributed by atoms with Gasteiger partial charge >= 0.3 is 0 Å². The molecule has 0 aliphatic rings. The summed E-state index contributed by atoms with van der Waals surface area (Å²) in [7, 11) is 0. The molecule has 2 rings (SSSR count). The van der Waals surface area contributed by atoms with Crippen LogP contribution >= 0.6 is 24.0 Å². The van der Waals surface area contributed by atoms with Crippen molar-refractivity contribution in [2.75, 3.05) is 6.61 Å². The van der Waals surface area contributed by atoms with Gasteiger partial charge in [-0.1, -0.05) is 42.1 Å². The second kappa shape index (κ2) is 7.20. The van der Waals surface area contributed by atoms with E-state index in [4.69, 9.17) is 17.0 Å². The third-order valence-corrected chi connectivity index (χ3v) is 3.59. The molecule has 0 unspecified atom stereocenters. The highest BCUT2D eigenvalue weighted by Gasteiger charge is 2.08. The summed E-state index contributed by atoms with van der Waals surface area (Å²) < 4.78 is 7.51. The third-order valence-electron chi connectivity index (χ3n) is 2.36. The lowest BCUT2D eigenvalue weighted by Gasteiger charge is -2.05. The molecule has 100 valence electrons. The maximum absolute atomic E-state index is 5.21. The molecule has 5 nitrogen and oxygen atoms in total. The quantitative estimate of drug-likeness (QED) is 0.789. The first-order valence-corrected chi connectivity index (χ1v) is 7.27. The van der Waals surface area contributed by atoms with Crippen LogP contribution in [0.5, 0.6) is 0 Å². The molecule has 0 fully saturated rings. The largest absolute Gasteiger partial charge is 0.479 e. The number of hydrogen-bond donors (Lipinski definition) is 0. The molecule has 0 aliphatic heterocycles. The number of aromatic nitrogens is 4. The minimum atomic E-state index is 0.525. The average molecular weight is 294 g/mol. The van der Waals surface area contributed by atoms with Gasteiger partial charge in [0.2, 0.25) is 4.38 Å². The molecule has 19 heavy (non-hydrogen) atoms. The molecule has 0 aliphatic carbocycles. The zero-order valence-corrected chi connectivity index (χ0v) is 12.2. The van der Waals surface area contributed by atoms with Gasteiger partial charge in [0.25, 0.3) is 0 Å². The van der Waals surface area contributed by atoms with E-state index in [2.05, 4.69) is 15.5 Å². The fourth-order valence-corrected chi connectivity index (χ4v) is 2.44. The van der Waals surface area contributed by atoms with Gasteiger partial charge in [-0.25, -0.2) is 4.68 Å². The normalized spacial score (nSPS) is 10.4. The van der Waals surface area contributed by atoms with Crippen LogP contribution in [-0.2, 0) is 17.0 Å². The van der Waals surface area contributed by atoms with E-state index in [1.54, 1.807) is 4.68 Å². The Morgan fingerprint density at radius 3 is 2.89 bits per heavy atom. The minimum Gasteiger partial charge on any atom is -0.479 e. The molecule has 0 atom stereocenters. The topological polar surface area (TPSA) is 52.8 Å². The van der Waals surface area contributed by atoms with Gasteiger partial charge in [0, 0.05) is 0 Å². The molecule has 1 aromatic carbocycles. The predicted octanol–water partition coefficient (Wildman–Crippen LogP) is 2.28. The number of benzene rings is 1.